The average Bonchev–Trinajstić information content (AvgIpc) is 3.29. The van der Waals surface area contributed by atoms with Crippen LogP contribution in [0.2, 0.25) is 5.15 Å². The van der Waals surface area contributed by atoms with Crippen LogP contribution in [0.5, 0.6) is 0 Å². The number of benzene rings is 1. The molecule has 1 atom stereocenters. The Morgan fingerprint density at radius 2 is 1.79 bits per heavy atom. The number of likely N-dealkylation sites (tertiary alicyclic amines) is 1. The van der Waals surface area contributed by atoms with E-state index in [9.17, 15) is 4.79 Å². The number of carbonyl (C=O) groups is 1. The van der Waals surface area contributed by atoms with Crippen LogP contribution in [-0.4, -0.2) is 61.4 Å². The Morgan fingerprint density at radius 1 is 1.12 bits per heavy atom. The van der Waals surface area contributed by atoms with E-state index < -0.39 is 0 Å². The van der Waals surface area contributed by atoms with Gasteiger partial charge in [-0.05, 0) is 63.7 Å². The van der Waals surface area contributed by atoms with Crippen molar-refractivity contribution in [2.24, 2.45) is 20.0 Å². The van der Waals surface area contributed by atoms with E-state index in [0.717, 1.165) is 61.0 Å². The molecule has 1 aliphatic heterocycles. The van der Waals surface area contributed by atoms with Gasteiger partial charge in [-0.15, -0.1) is 0 Å². The smallest absolute Gasteiger partial charge is 0.272 e. The molecule has 1 amide bonds. The number of aromatic nitrogens is 4. The summed E-state index contributed by atoms with van der Waals surface area (Å²) < 4.78 is 3.44. The summed E-state index contributed by atoms with van der Waals surface area (Å²) in [5.74, 6) is 0.453. The monoisotopic (exact) mass is 482 g/mol. The van der Waals surface area contributed by atoms with Gasteiger partial charge in [-0.2, -0.15) is 10.2 Å². The third-order valence-corrected chi connectivity index (χ3v) is 7.63. The lowest BCUT2D eigenvalue weighted by molar-refractivity contribution is 0.0574. The lowest BCUT2D eigenvalue weighted by Crippen LogP contribution is -2.47. The van der Waals surface area contributed by atoms with Crippen molar-refractivity contribution in [2.75, 3.05) is 20.1 Å². The molecule has 0 radical (unpaired) electrons. The molecule has 0 N–H and O–H groups in total. The third kappa shape index (κ3) is 5.20. The summed E-state index contributed by atoms with van der Waals surface area (Å²) >= 11 is 6.47. The molecule has 0 spiro atoms. The zero-order valence-electron chi connectivity index (χ0n) is 20.8. The number of rotatable bonds is 7. The largest absolute Gasteiger partial charge is 0.337 e. The third-order valence-electron chi connectivity index (χ3n) is 7.15. The van der Waals surface area contributed by atoms with E-state index >= 15 is 0 Å². The Kier molecular flexibility index (Phi) is 7.43. The van der Waals surface area contributed by atoms with Crippen LogP contribution in [0.3, 0.4) is 0 Å². The molecule has 182 valence electrons. The Labute approximate surface area is 207 Å². The fraction of sp³-hybridized carbons (Fsp3) is 0.500. The number of hydrogen-bond donors (Lipinski definition) is 0. The Balaban J connectivity index is 1.49. The van der Waals surface area contributed by atoms with Crippen LogP contribution in [-0.2, 0) is 27.1 Å². The Hall–Kier alpha value is -2.64. The van der Waals surface area contributed by atoms with Crippen molar-refractivity contribution < 1.29 is 4.79 Å². The summed E-state index contributed by atoms with van der Waals surface area (Å²) in [6.07, 6.45) is 2.92. The lowest BCUT2D eigenvalue weighted by atomic mass is 9.84. The highest BCUT2D eigenvalue weighted by molar-refractivity contribution is 6.30. The maximum atomic E-state index is 13.5. The first-order chi connectivity index (χ1) is 16.2. The second-order valence-corrected chi connectivity index (χ2v) is 9.92. The molecule has 34 heavy (non-hydrogen) atoms. The minimum atomic E-state index is 0.0317. The number of likely N-dealkylation sites (N-methyl/N-ethyl adjacent to an activating group) is 1. The van der Waals surface area contributed by atoms with Crippen LogP contribution in [0.15, 0.2) is 36.4 Å². The minimum Gasteiger partial charge on any atom is -0.337 e. The summed E-state index contributed by atoms with van der Waals surface area (Å²) in [6.45, 7) is 6.72. The number of hydrogen-bond acceptors (Lipinski definition) is 4. The predicted molar refractivity (Wildman–Crippen MR) is 135 cm³/mol. The molecule has 1 aromatic carbocycles. The summed E-state index contributed by atoms with van der Waals surface area (Å²) in [6, 6.07) is 12.5. The zero-order valence-corrected chi connectivity index (χ0v) is 21.6. The van der Waals surface area contributed by atoms with Gasteiger partial charge in [0.15, 0.2) is 0 Å². The van der Waals surface area contributed by atoms with Crippen LogP contribution in [0.25, 0.3) is 0 Å². The van der Waals surface area contributed by atoms with Gasteiger partial charge in [-0.1, -0.05) is 41.9 Å². The second kappa shape index (κ2) is 10.3. The average molecular weight is 483 g/mol. The predicted octanol–water partition coefficient (Wildman–Crippen LogP) is 4.02. The molecule has 8 heteroatoms. The van der Waals surface area contributed by atoms with Crippen molar-refractivity contribution >= 4 is 17.5 Å². The summed E-state index contributed by atoms with van der Waals surface area (Å²) in [7, 11) is 5.67. The number of halogens is 1. The number of piperidine rings is 1. The van der Waals surface area contributed by atoms with Crippen LogP contribution in [0, 0.1) is 19.8 Å². The molecule has 1 aliphatic rings. The van der Waals surface area contributed by atoms with Gasteiger partial charge < -0.3 is 4.90 Å². The first-order valence-corrected chi connectivity index (χ1v) is 12.3. The number of aryl methyl sites for hydroxylation is 4. The first kappa shape index (κ1) is 24.5. The molecule has 0 unspecified atom stereocenters. The van der Waals surface area contributed by atoms with Gasteiger partial charge in [-0.25, -0.2) is 0 Å². The second-order valence-electron chi connectivity index (χ2n) is 9.56. The number of nitrogens with zero attached hydrogens (tertiary/aromatic N) is 6. The van der Waals surface area contributed by atoms with Crippen molar-refractivity contribution in [2.45, 2.75) is 45.7 Å². The van der Waals surface area contributed by atoms with Gasteiger partial charge in [-0.3, -0.25) is 19.1 Å². The molecule has 3 aromatic rings. The first-order valence-electron chi connectivity index (χ1n) is 12.0. The molecule has 1 fully saturated rings. The SMILES string of the molecule is Cc1cc(C(=O)N(C)[C@H](Cc2ccccc2)C2CCN(Cc3c(C)nn(C)c3Cl)CC2)n(C)n1. The maximum absolute atomic E-state index is 13.5. The van der Waals surface area contributed by atoms with Crippen molar-refractivity contribution in [3.05, 3.63) is 69.8 Å². The molecule has 0 bridgehead atoms. The van der Waals surface area contributed by atoms with Gasteiger partial charge >= 0.3 is 0 Å². The van der Waals surface area contributed by atoms with Gasteiger partial charge in [0.05, 0.1) is 11.4 Å². The fourth-order valence-corrected chi connectivity index (χ4v) is 5.42. The number of amides is 1. The van der Waals surface area contributed by atoms with Crippen molar-refractivity contribution in [1.82, 2.24) is 29.4 Å². The van der Waals surface area contributed by atoms with Gasteiger partial charge in [0.25, 0.3) is 5.91 Å². The van der Waals surface area contributed by atoms with Gasteiger partial charge in [0, 0.05) is 39.3 Å². The van der Waals surface area contributed by atoms with Crippen molar-refractivity contribution in [3.63, 3.8) is 0 Å². The Bertz CT molecular complexity index is 1130. The lowest BCUT2D eigenvalue weighted by Gasteiger charge is -2.40. The minimum absolute atomic E-state index is 0.0317. The topological polar surface area (TPSA) is 59.2 Å². The fourth-order valence-electron chi connectivity index (χ4n) is 5.19. The molecular formula is C26H35ClN6O. The summed E-state index contributed by atoms with van der Waals surface area (Å²) in [4.78, 5) is 17.9. The van der Waals surface area contributed by atoms with Crippen LogP contribution >= 0.6 is 11.6 Å². The van der Waals surface area contributed by atoms with E-state index in [0.29, 0.717) is 11.6 Å². The van der Waals surface area contributed by atoms with Crippen molar-refractivity contribution in [1.29, 1.82) is 0 Å². The van der Waals surface area contributed by atoms with E-state index in [1.807, 2.05) is 52.0 Å². The molecule has 1 saturated heterocycles. The molecule has 2 aromatic heterocycles. The van der Waals surface area contributed by atoms with Gasteiger partial charge in [0.1, 0.15) is 10.8 Å². The van der Waals surface area contributed by atoms with Crippen LogP contribution < -0.4 is 0 Å². The highest BCUT2D eigenvalue weighted by Gasteiger charge is 2.33. The molecule has 3 heterocycles. The van der Waals surface area contributed by atoms with Crippen LogP contribution in [0.1, 0.15) is 45.8 Å². The van der Waals surface area contributed by atoms with Crippen LogP contribution in [0.4, 0.5) is 0 Å². The van der Waals surface area contributed by atoms with E-state index in [-0.39, 0.29) is 11.9 Å². The summed E-state index contributed by atoms with van der Waals surface area (Å²) in [5.41, 5.74) is 4.86. The molecule has 7 nitrogen and oxygen atoms in total. The number of carbonyl (C=O) groups excluding carboxylic acids is 1. The standard InChI is InChI=1S/C26H35ClN6O/c1-18-15-24(31(4)28-18)26(34)30(3)23(16-20-9-7-6-8-10-20)21-11-13-33(14-12-21)17-22-19(2)29-32(5)25(22)27/h6-10,15,21,23H,11-14,16-17H2,1-5H3/t23-/m1/s1. The zero-order chi connectivity index (χ0) is 24.4. The molecule has 4 rings (SSSR count). The van der Waals surface area contributed by atoms with E-state index in [4.69, 9.17) is 11.6 Å². The molecular weight excluding hydrogens is 448 g/mol. The molecule has 0 saturated carbocycles. The van der Waals surface area contributed by atoms with E-state index in [1.54, 1.807) is 9.36 Å². The van der Waals surface area contributed by atoms with E-state index in [1.165, 1.54) is 5.56 Å². The molecule has 0 aliphatic carbocycles. The summed E-state index contributed by atoms with van der Waals surface area (Å²) in [5, 5.41) is 9.55. The maximum Gasteiger partial charge on any atom is 0.272 e. The van der Waals surface area contributed by atoms with E-state index in [2.05, 4.69) is 39.4 Å². The quantitative estimate of drug-likeness (QED) is 0.510. The Morgan fingerprint density at radius 3 is 2.35 bits per heavy atom. The van der Waals surface area contributed by atoms with Crippen molar-refractivity contribution in [3.8, 4) is 0 Å². The highest BCUT2D eigenvalue weighted by atomic mass is 35.5. The highest BCUT2D eigenvalue weighted by Crippen LogP contribution is 2.29. The van der Waals surface area contributed by atoms with Gasteiger partial charge in [0.2, 0.25) is 0 Å². The normalized spacial score (nSPS) is 16.1.